The van der Waals surface area contributed by atoms with E-state index in [2.05, 4.69) is 32.4 Å². The number of hydrogen-bond acceptors (Lipinski definition) is 3. The Morgan fingerprint density at radius 3 is 3.00 bits per heavy atom. The highest BCUT2D eigenvalue weighted by molar-refractivity contribution is 9.10. The molecule has 0 radical (unpaired) electrons. The lowest BCUT2D eigenvalue weighted by Crippen LogP contribution is -2.50. The minimum Gasteiger partial charge on any atom is -0.351 e. The number of aryl methyl sites for hydroxylation is 1. The van der Waals surface area contributed by atoms with Gasteiger partial charge in [-0.05, 0) is 49.1 Å². The normalized spacial score (nSPS) is 22.3. The summed E-state index contributed by atoms with van der Waals surface area (Å²) in [6.07, 6.45) is 5.62. The summed E-state index contributed by atoms with van der Waals surface area (Å²) < 4.78 is 2.99. The number of hydrogen-bond donors (Lipinski definition) is 1. The van der Waals surface area contributed by atoms with Gasteiger partial charge in [-0.25, -0.2) is 0 Å². The van der Waals surface area contributed by atoms with Crippen molar-refractivity contribution in [1.82, 2.24) is 20.0 Å². The molecule has 1 aliphatic carbocycles. The van der Waals surface area contributed by atoms with E-state index >= 15 is 0 Å². The maximum absolute atomic E-state index is 12.9. The molecular weight excluding hydrogens is 408 g/mol. The number of carbonyl (C=O) groups excluding carboxylic acids is 2. The third kappa shape index (κ3) is 2.98. The van der Waals surface area contributed by atoms with Gasteiger partial charge in [-0.15, -0.1) is 0 Å². The molecule has 3 heterocycles. The number of nitrogens with zero attached hydrogens (tertiary/aromatic N) is 3. The van der Waals surface area contributed by atoms with Gasteiger partial charge in [0.1, 0.15) is 0 Å². The third-order valence-corrected chi connectivity index (χ3v) is 6.56. The summed E-state index contributed by atoms with van der Waals surface area (Å²) in [4.78, 5) is 27.3. The van der Waals surface area contributed by atoms with E-state index in [9.17, 15) is 9.59 Å². The minimum absolute atomic E-state index is 0.0353. The first-order valence-electron chi connectivity index (χ1n) is 9.43. The zero-order chi connectivity index (χ0) is 18.6. The van der Waals surface area contributed by atoms with Crippen molar-refractivity contribution in [3.63, 3.8) is 0 Å². The van der Waals surface area contributed by atoms with Gasteiger partial charge in [0.2, 0.25) is 5.91 Å². The molecule has 1 aromatic carbocycles. The van der Waals surface area contributed by atoms with Crippen LogP contribution < -0.4 is 5.32 Å². The first kappa shape index (κ1) is 17.0. The second kappa shape index (κ2) is 6.19. The lowest BCUT2D eigenvalue weighted by atomic mass is 9.86. The van der Waals surface area contributed by atoms with Gasteiger partial charge in [0, 0.05) is 52.9 Å². The molecule has 7 heteroatoms. The molecule has 6 nitrogen and oxygen atoms in total. The Morgan fingerprint density at radius 1 is 1.33 bits per heavy atom. The number of rotatable bonds is 3. The monoisotopic (exact) mass is 428 g/mol. The van der Waals surface area contributed by atoms with Crippen LogP contribution in [0, 0.1) is 0 Å². The Hall–Kier alpha value is -2.15. The van der Waals surface area contributed by atoms with E-state index < -0.39 is 0 Å². The average Bonchev–Trinajstić information content (AvgIpc) is 3.26. The summed E-state index contributed by atoms with van der Waals surface area (Å²) in [6.45, 7) is 1.59. The molecule has 2 amide bonds. The number of nitrogens with one attached hydrogen (secondary N) is 1. The summed E-state index contributed by atoms with van der Waals surface area (Å²) in [5.41, 5.74) is 3.08. The first-order chi connectivity index (χ1) is 13.0. The van der Waals surface area contributed by atoms with E-state index in [1.165, 1.54) is 0 Å². The Morgan fingerprint density at radius 2 is 2.19 bits per heavy atom. The third-order valence-electron chi connectivity index (χ3n) is 6.07. The van der Waals surface area contributed by atoms with Crippen molar-refractivity contribution < 1.29 is 9.59 Å². The highest BCUT2D eigenvalue weighted by Gasteiger charge is 2.51. The van der Waals surface area contributed by atoms with Gasteiger partial charge in [-0.3, -0.25) is 14.3 Å². The van der Waals surface area contributed by atoms with Gasteiger partial charge in [-0.2, -0.15) is 5.10 Å². The molecule has 0 unspecified atom stereocenters. The molecule has 1 fully saturated rings. The van der Waals surface area contributed by atoms with Crippen LogP contribution in [0.15, 0.2) is 34.9 Å². The van der Waals surface area contributed by atoms with Gasteiger partial charge in [0.15, 0.2) is 0 Å². The van der Waals surface area contributed by atoms with Gasteiger partial charge >= 0.3 is 0 Å². The second-order valence-electron chi connectivity index (χ2n) is 7.93. The molecule has 0 saturated heterocycles. The van der Waals surface area contributed by atoms with E-state index in [-0.39, 0.29) is 29.8 Å². The quantitative estimate of drug-likeness (QED) is 0.814. The van der Waals surface area contributed by atoms with Crippen LogP contribution in [0.5, 0.6) is 0 Å². The maximum atomic E-state index is 12.9. The van der Waals surface area contributed by atoms with E-state index in [1.54, 1.807) is 11.1 Å². The predicted octanol–water partition coefficient (Wildman–Crippen LogP) is 2.26. The van der Waals surface area contributed by atoms with Crippen LogP contribution in [0.2, 0.25) is 0 Å². The SMILES string of the molecule is O=C(CN1CC2(CC2)c2cc(Br)ccc2C1=O)N[C@@H]1CCn2nccc2C1. The van der Waals surface area contributed by atoms with Gasteiger partial charge in [-0.1, -0.05) is 15.9 Å². The number of amides is 2. The molecule has 2 aromatic rings. The molecule has 5 rings (SSSR count). The summed E-state index contributed by atoms with van der Waals surface area (Å²) in [5, 5.41) is 7.39. The van der Waals surface area contributed by atoms with Crippen molar-refractivity contribution in [2.45, 2.75) is 43.7 Å². The Bertz CT molecular complexity index is 934. The molecule has 3 aliphatic rings. The largest absolute Gasteiger partial charge is 0.351 e. The fourth-order valence-corrected chi connectivity index (χ4v) is 4.84. The second-order valence-corrected chi connectivity index (χ2v) is 8.85. The molecule has 1 N–H and O–H groups in total. The summed E-state index contributed by atoms with van der Waals surface area (Å²) >= 11 is 3.51. The molecular formula is C20H21BrN4O2. The van der Waals surface area contributed by atoms with Gasteiger partial charge in [0.25, 0.3) is 5.91 Å². The molecule has 1 spiro atoms. The van der Waals surface area contributed by atoms with Crippen molar-refractivity contribution in [2.75, 3.05) is 13.1 Å². The number of carbonyl (C=O) groups is 2. The fourth-order valence-electron chi connectivity index (χ4n) is 4.48. The van der Waals surface area contributed by atoms with Crippen molar-refractivity contribution in [3.05, 3.63) is 51.8 Å². The Balaban J connectivity index is 1.28. The van der Waals surface area contributed by atoms with Crippen molar-refractivity contribution >= 4 is 27.7 Å². The fraction of sp³-hybridized carbons (Fsp3) is 0.450. The molecule has 2 aliphatic heterocycles. The standard InChI is InChI=1S/C20H21BrN4O2/c21-13-1-2-16-17(9-13)20(5-6-20)12-24(19(16)27)11-18(26)23-14-4-8-25-15(10-14)3-7-22-25/h1-3,7,9,14H,4-6,8,10-12H2,(H,23,26)/t14-/m1/s1. The molecule has 0 bridgehead atoms. The lowest BCUT2D eigenvalue weighted by Gasteiger charge is -2.35. The van der Waals surface area contributed by atoms with Crippen LogP contribution in [0.3, 0.4) is 0 Å². The van der Waals surface area contributed by atoms with Crippen LogP contribution in [0.1, 0.15) is 40.9 Å². The van der Waals surface area contributed by atoms with Crippen LogP contribution in [0.25, 0.3) is 0 Å². The van der Waals surface area contributed by atoms with Crippen LogP contribution in [-0.2, 0) is 23.2 Å². The van der Waals surface area contributed by atoms with Gasteiger partial charge < -0.3 is 10.2 Å². The molecule has 27 heavy (non-hydrogen) atoms. The highest BCUT2D eigenvalue weighted by Crippen LogP contribution is 2.52. The smallest absolute Gasteiger partial charge is 0.254 e. The molecule has 1 saturated carbocycles. The predicted molar refractivity (Wildman–Crippen MR) is 103 cm³/mol. The minimum atomic E-state index is -0.0716. The summed E-state index contributed by atoms with van der Waals surface area (Å²) in [6, 6.07) is 7.97. The zero-order valence-electron chi connectivity index (χ0n) is 14.9. The topological polar surface area (TPSA) is 67.2 Å². The van der Waals surface area contributed by atoms with Crippen LogP contribution in [0.4, 0.5) is 0 Å². The first-order valence-corrected chi connectivity index (χ1v) is 10.2. The number of benzene rings is 1. The van der Waals surface area contributed by atoms with Crippen LogP contribution in [-0.4, -0.2) is 45.6 Å². The number of halogens is 1. The van der Waals surface area contributed by atoms with Crippen LogP contribution >= 0.6 is 15.9 Å². The number of fused-ring (bicyclic) bond motifs is 3. The van der Waals surface area contributed by atoms with Crippen molar-refractivity contribution in [1.29, 1.82) is 0 Å². The zero-order valence-corrected chi connectivity index (χ0v) is 16.5. The van der Waals surface area contributed by atoms with E-state index in [0.29, 0.717) is 6.54 Å². The van der Waals surface area contributed by atoms with Crippen molar-refractivity contribution in [2.24, 2.45) is 0 Å². The summed E-state index contributed by atoms with van der Waals surface area (Å²) in [5.74, 6) is -0.107. The molecule has 1 atom stereocenters. The molecule has 1 aromatic heterocycles. The lowest BCUT2D eigenvalue weighted by molar-refractivity contribution is -0.122. The Labute approximate surface area is 166 Å². The molecule has 140 valence electrons. The van der Waals surface area contributed by atoms with E-state index in [0.717, 1.165) is 53.5 Å². The van der Waals surface area contributed by atoms with E-state index in [1.807, 2.05) is 22.9 Å². The summed E-state index contributed by atoms with van der Waals surface area (Å²) in [7, 11) is 0. The number of aromatic nitrogens is 2. The Kier molecular flexibility index (Phi) is 3.89. The average molecular weight is 429 g/mol. The maximum Gasteiger partial charge on any atom is 0.254 e. The highest BCUT2D eigenvalue weighted by atomic mass is 79.9. The van der Waals surface area contributed by atoms with E-state index in [4.69, 9.17) is 0 Å². The van der Waals surface area contributed by atoms with Crippen molar-refractivity contribution in [3.8, 4) is 0 Å². The van der Waals surface area contributed by atoms with Gasteiger partial charge in [0.05, 0.1) is 6.54 Å².